The van der Waals surface area contributed by atoms with Crippen molar-refractivity contribution in [3.8, 4) is 0 Å². The molecule has 0 saturated carbocycles. The molecule has 3 nitrogen and oxygen atoms in total. The Morgan fingerprint density at radius 1 is 1.39 bits per heavy atom. The third-order valence-electron chi connectivity index (χ3n) is 2.60. The first kappa shape index (κ1) is 14.5. The number of alkyl halides is 3. The van der Waals surface area contributed by atoms with E-state index in [1.54, 1.807) is 0 Å². The Labute approximate surface area is 102 Å². The van der Waals surface area contributed by atoms with Gasteiger partial charge in [-0.1, -0.05) is 12.1 Å². The van der Waals surface area contributed by atoms with Crippen LogP contribution in [0.4, 0.5) is 13.2 Å². The van der Waals surface area contributed by atoms with Crippen molar-refractivity contribution in [1.82, 2.24) is 0 Å². The smallest absolute Gasteiger partial charge is 0.416 e. The quantitative estimate of drug-likeness (QED) is 0.851. The standard InChI is InChI=1S/C12H13F3O3/c1-7(11(17)18-2)10(16)8-4-3-5-9(6-8)12(13,14)15/h3-7,10,16H,1-2H3. The Hall–Kier alpha value is -1.56. The summed E-state index contributed by atoms with van der Waals surface area (Å²) < 4.78 is 41.9. The van der Waals surface area contributed by atoms with E-state index in [1.165, 1.54) is 19.1 Å². The first-order valence-corrected chi connectivity index (χ1v) is 5.20. The van der Waals surface area contributed by atoms with Crippen LogP contribution in [0.2, 0.25) is 0 Å². The van der Waals surface area contributed by atoms with Crippen LogP contribution in [0.3, 0.4) is 0 Å². The van der Waals surface area contributed by atoms with Gasteiger partial charge in [-0.2, -0.15) is 13.2 Å². The summed E-state index contributed by atoms with van der Waals surface area (Å²) in [7, 11) is 1.15. The van der Waals surface area contributed by atoms with Crippen molar-refractivity contribution in [2.75, 3.05) is 7.11 Å². The van der Waals surface area contributed by atoms with E-state index in [9.17, 15) is 23.1 Å². The van der Waals surface area contributed by atoms with Crippen molar-refractivity contribution >= 4 is 5.97 Å². The van der Waals surface area contributed by atoms with Crippen LogP contribution in [0, 0.1) is 5.92 Å². The molecule has 0 aliphatic carbocycles. The van der Waals surface area contributed by atoms with Gasteiger partial charge >= 0.3 is 12.1 Å². The number of carbonyl (C=O) groups is 1. The highest BCUT2D eigenvalue weighted by Crippen LogP contribution is 2.32. The maximum Gasteiger partial charge on any atom is 0.416 e. The van der Waals surface area contributed by atoms with E-state index in [-0.39, 0.29) is 5.56 Å². The lowest BCUT2D eigenvalue weighted by Gasteiger charge is -2.18. The summed E-state index contributed by atoms with van der Waals surface area (Å²) in [5.74, 6) is -1.61. The lowest BCUT2D eigenvalue weighted by Crippen LogP contribution is -2.21. The molecule has 0 radical (unpaired) electrons. The van der Waals surface area contributed by atoms with Crippen LogP contribution in [0.1, 0.15) is 24.2 Å². The molecule has 0 aliphatic rings. The summed E-state index contributed by atoms with van der Waals surface area (Å²) in [6, 6.07) is 4.24. The van der Waals surface area contributed by atoms with Gasteiger partial charge in [0.25, 0.3) is 0 Å². The summed E-state index contributed by atoms with van der Waals surface area (Å²) in [5.41, 5.74) is -0.834. The van der Waals surface area contributed by atoms with Crippen LogP contribution < -0.4 is 0 Å². The fraction of sp³-hybridized carbons (Fsp3) is 0.417. The number of rotatable bonds is 3. The van der Waals surface area contributed by atoms with E-state index in [0.717, 1.165) is 19.2 Å². The molecular formula is C12H13F3O3. The third-order valence-corrected chi connectivity index (χ3v) is 2.60. The average molecular weight is 262 g/mol. The number of hydrogen-bond donors (Lipinski definition) is 1. The molecule has 0 aromatic heterocycles. The summed E-state index contributed by atoms with van der Waals surface area (Å²) in [6.45, 7) is 1.39. The zero-order valence-corrected chi connectivity index (χ0v) is 9.86. The van der Waals surface area contributed by atoms with E-state index in [2.05, 4.69) is 4.74 Å². The maximum atomic E-state index is 12.5. The number of hydrogen-bond acceptors (Lipinski definition) is 3. The zero-order chi connectivity index (χ0) is 13.9. The Morgan fingerprint density at radius 3 is 2.50 bits per heavy atom. The van der Waals surface area contributed by atoms with E-state index < -0.39 is 29.7 Å². The Balaban J connectivity index is 3.00. The predicted molar refractivity (Wildman–Crippen MR) is 57.6 cm³/mol. The van der Waals surface area contributed by atoms with Gasteiger partial charge in [0.2, 0.25) is 0 Å². The molecule has 1 aromatic carbocycles. The van der Waals surface area contributed by atoms with Gasteiger partial charge in [-0.3, -0.25) is 4.79 Å². The molecule has 0 heterocycles. The summed E-state index contributed by atoms with van der Waals surface area (Å²) in [4.78, 5) is 11.2. The van der Waals surface area contributed by atoms with Gasteiger partial charge in [0, 0.05) is 0 Å². The minimum Gasteiger partial charge on any atom is -0.469 e. The number of benzene rings is 1. The number of ether oxygens (including phenoxy) is 1. The molecule has 2 unspecified atom stereocenters. The zero-order valence-electron chi connectivity index (χ0n) is 9.86. The number of aliphatic hydroxyl groups excluding tert-OH is 1. The molecule has 1 N–H and O–H groups in total. The van der Waals surface area contributed by atoms with Gasteiger partial charge in [-0.15, -0.1) is 0 Å². The fourth-order valence-corrected chi connectivity index (χ4v) is 1.50. The molecule has 2 atom stereocenters. The highest BCUT2D eigenvalue weighted by Gasteiger charge is 2.32. The molecule has 0 saturated heterocycles. The third kappa shape index (κ3) is 3.22. The number of methoxy groups -OCH3 is 1. The Morgan fingerprint density at radius 2 is 2.00 bits per heavy atom. The minimum atomic E-state index is -4.48. The SMILES string of the molecule is COC(=O)C(C)C(O)c1cccc(C(F)(F)F)c1. The monoisotopic (exact) mass is 262 g/mol. The van der Waals surface area contributed by atoms with E-state index in [1.807, 2.05) is 0 Å². The van der Waals surface area contributed by atoms with E-state index in [4.69, 9.17) is 0 Å². The lowest BCUT2D eigenvalue weighted by atomic mass is 9.96. The van der Waals surface area contributed by atoms with Gasteiger partial charge in [0.1, 0.15) is 0 Å². The van der Waals surface area contributed by atoms with Crippen molar-refractivity contribution in [3.63, 3.8) is 0 Å². The van der Waals surface area contributed by atoms with E-state index in [0.29, 0.717) is 0 Å². The fourth-order valence-electron chi connectivity index (χ4n) is 1.50. The molecule has 6 heteroatoms. The lowest BCUT2D eigenvalue weighted by molar-refractivity contribution is -0.148. The molecule has 1 rings (SSSR count). The molecule has 1 aromatic rings. The van der Waals surface area contributed by atoms with Crippen LogP contribution in [0.15, 0.2) is 24.3 Å². The first-order chi connectivity index (χ1) is 8.27. The normalized spacial score (nSPS) is 15.0. The molecule has 0 spiro atoms. The van der Waals surface area contributed by atoms with Crippen LogP contribution in [-0.2, 0) is 15.7 Å². The van der Waals surface area contributed by atoms with Crippen molar-refractivity contribution in [3.05, 3.63) is 35.4 Å². The van der Waals surface area contributed by atoms with Crippen LogP contribution in [-0.4, -0.2) is 18.2 Å². The van der Waals surface area contributed by atoms with Gasteiger partial charge < -0.3 is 9.84 Å². The van der Waals surface area contributed by atoms with Gasteiger partial charge in [0.15, 0.2) is 0 Å². The number of esters is 1. The number of carbonyl (C=O) groups excluding carboxylic acids is 1. The summed E-state index contributed by atoms with van der Waals surface area (Å²) in [5, 5.41) is 9.81. The van der Waals surface area contributed by atoms with Gasteiger partial charge in [0.05, 0.1) is 24.7 Å². The molecule has 0 bridgehead atoms. The molecule has 18 heavy (non-hydrogen) atoms. The van der Waals surface area contributed by atoms with E-state index >= 15 is 0 Å². The average Bonchev–Trinajstić information content (AvgIpc) is 2.35. The molecule has 0 amide bonds. The van der Waals surface area contributed by atoms with Crippen molar-refractivity contribution in [2.24, 2.45) is 5.92 Å². The largest absolute Gasteiger partial charge is 0.469 e. The predicted octanol–water partition coefficient (Wildman–Crippen LogP) is 2.55. The second-order valence-corrected chi connectivity index (χ2v) is 3.88. The first-order valence-electron chi connectivity index (χ1n) is 5.20. The second-order valence-electron chi connectivity index (χ2n) is 3.88. The van der Waals surface area contributed by atoms with Crippen LogP contribution >= 0.6 is 0 Å². The molecule has 100 valence electrons. The Kier molecular flexibility index (Phi) is 4.34. The van der Waals surface area contributed by atoms with Crippen molar-refractivity contribution in [2.45, 2.75) is 19.2 Å². The molecule has 0 aliphatic heterocycles. The number of aliphatic hydroxyl groups is 1. The second kappa shape index (κ2) is 5.39. The maximum absolute atomic E-state index is 12.5. The highest BCUT2D eigenvalue weighted by molar-refractivity contribution is 5.72. The minimum absolute atomic E-state index is 0.0303. The topological polar surface area (TPSA) is 46.5 Å². The van der Waals surface area contributed by atoms with Crippen molar-refractivity contribution < 1.29 is 27.8 Å². The highest BCUT2D eigenvalue weighted by atomic mass is 19.4. The van der Waals surface area contributed by atoms with Crippen LogP contribution in [0.5, 0.6) is 0 Å². The summed E-state index contributed by atoms with van der Waals surface area (Å²) >= 11 is 0. The number of halogens is 3. The van der Waals surface area contributed by atoms with Crippen molar-refractivity contribution in [1.29, 1.82) is 0 Å². The molecule has 0 fully saturated rings. The van der Waals surface area contributed by atoms with Gasteiger partial charge in [-0.25, -0.2) is 0 Å². The van der Waals surface area contributed by atoms with Gasteiger partial charge in [-0.05, 0) is 24.6 Å². The van der Waals surface area contributed by atoms with Crippen LogP contribution in [0.25, 0.3) is 0 Å². The molecular weight excluding hydrogens is 249 g/mol. The summed E-state index contributed by atoms with van der Waals surface area (Å²) in [6.07, 6.45) is -5.82. The Bertz CT molecular complexity index is 429.